The van der Waals surface area contributed by atoms with Gasteiger partial charge in [-0.05, 0) is 18.2 Å². The fourth-order valence-electron chi connectivity index (χ4n) is 1.94. The van der Waals surface area contributed by atoms with Gasteiger partial charge in [-0.3, -0.25) is 0 Å². The van der Waals surface area contributed by atoms with Crippen molar-refractivity contribution >= 4 is 73.0 Å². The van der Waals surface area contributed by atoms with Gasteiger partial charge in [-0.15, -0.1) is 0 Å². The summed E-state index contributed by atoms with van der Waals surface area (Å²) in [4.78, 5) is -0.419. The van der Waals surface area contributed by atoms with Crippen molar-refractivity contribution in [3.05, 3.63) is 52.4 Å². The van der Waals surface area contributed by atoms with Gasteiger partial charge in [0.25, 0.3) is 9.05 Å². The van der Waals surface area contributed by atoms with Crippen molar-refractivity contribution in [3.8, 4) is 0 Å². The molecule has 0 bridgehead atoms. The van der Waals surface area contributed by atoms with Gasteiger partial charge in [0.05, 0.1) is 14.8 Å². The van der Waals surface area contributed by atoms with Crippen molar-refractivity contribution in [3.63, 3.8) is 0 Å². The first kappa shape index (κ1) is 18.5. The molecule has 1 atom stereocenters. The predicted octanol–water partition coefficient (Wildman–Crippen LogP) is 3.90. The highest BCUT2D eigenvalue weighted by molar-refractivity contribution is 9.25. The number of halogens is 4. The van der Waals surface area contributed by atoms with E-state index >= 15 is 0 Å². The molecule has 0 aromatic heterocycles. The molecule has 0 saturated heterocycles. The maximum atomic E-state index is 12.8. The van der Waals surface area contributed by atoms with Gasteiger partial charge >= 0.3 is 0 Å². The smallest absolute Gasteiger partial charge is 0.223 e. The summed E-state index contributed by atoms with van der Waals surface area (Å²) in [6, 6.07) is 7.60. The summed E-state index contributed by atoms with van der Waals surface area (Å²) in [5.74, 6) is 0. The number of alkyl halides is 2. The lowest BCUT2D eigenvalue weighted by molar-refractivity contribution is 0.587. The molecule has 0 spiro atoms. The summed E-state index contributed by atoms with van der Waals surface area (Å²) in [6.45, 7) is 0. The van der Waals surface area contributed by atoms with Crippen LogP contribution in [0.3, 0.4) is 0 Å². The molecule has 1 aromatic rings. The summed E-state index contributed by atoms with van der Waals surface area (Å²) in [7, 11) is -2.83. The second-order valence-electron chi connectivity index (χ2n) is 4.40. The normalized spacial score (nSPS) is 21.9. The van der Waals surface area contributed by atoms with E-state index in [-0.39, 0.29) is 9.93 Å². The van der Waals surface area contributed by atoms with Gasteiger partial charge in [-0.2, -0.15) is 0 Å². The molecule has 0 aliphatic heterocycles. The summed E-state index contributed by atoms with van der Waals surface area (Å²) in [5, 5.41) is -1.77. The molecule has 2 rings (SSSR count). The Morgan fingerprint density at radius 2 is 1.59 bits per heavy atom. The molecule has 1 unspecified atom stereocenters. The third-order valence-corrected chi connectivity index (χ3v) is 9.17. The van der Waals surface area contributed by atoms with Crippen molar-refractivity contribution in [2.75, 3.05) is 0 Å². The number of rotatable bonds is 3. The minimum absolute atomic E-state index is 0.0167. The van der Waals surface area contributed by atoms with Gasteiger partial charge in [0, 0.05) is 10.7 Å². The molecule has 0 fully saturated rings. The van der Waals surface area contributed by atoms with Crippen LogP contribution >= 0.6 is 54.1 Å². The molecule has 0 N–H and O–H groups in total. The molecule has 1 aliphatic rings. The quantitative estimate of drug-likeness (QED) is 0.457. The van der Waals surface area contributed by atoms with Crippen LogP contribution in [-0.2, 0) is 18.9 Å². The van der Waals surface area contributed by atoms with Crippen LogP contribution in [0.4, 0.5) is 0 Å². The van der Waals surface area contributed by atoms with Crippen molar-refractivity contribution in [2.24, 2.45) is 0 Å². The number of benzene rings is 1. The van der Waals surface area contributed by atoms with Gasteiger partial charge in [-0.1, -0.05) is 67.7 Å². The Hall–Kier alpha value is 0.140. The highest BCUT2D eigenvalue weighted by Crippen LogP contribution is 2.47. The molecule has 0 heterocycles. The summed E-state index contributed by atoms with van der Waals surface area (Å²) >= 11 is 12.5. The number of hydrogen-bond acceptors (Lipinski definition) is 4. The van der Waals surface area contributed by atoms with E-state index in [1.807, 2.05) is 0 Å². The lowest BCUT2D eigenvalue weighted by Gasteiger charge is -2.31. The van der Waals surface area contributed by atoms with Crippen molar-refractivity contribution in [1.82, 2.24) is 0 Å². The minimum atomic E-state index is -4.17. The zero-order chi connectivity index (χ0) is 16.8. The molecule has 10 heteroatoms. The van der Waals surface area contributed by atoms with E-state index in [1.165, 1.54) is 18.2 Å². The van der Waals surface area contributed by atoms with Crippen LogP contribution < -0.4 is 0 Å². The second kappa shape index (κ2) is 6.22. The molecule has 1 aromatic carbocycles. The topological polar surface area (TPSA) is 68.3 Å². The first-order valence-corrected chi connectivity index (χ1v) is 11.5. The average molecular weight is 511 g/mol. The summed E-state index contributed by atoms with van der Waals surface area (Å²) < 4.78 is 47.5. The molecule has 0 radical (unpaired) electrons. The highest BCUT2D eigenvalue weighted by atomic mass is 79.9. The van der Waals surface area contributed by atoms with E-state index in [0.717, 1.165) is 6.08 Å². The number of hydrogen-bond donors (Lipinski definition) is 0. The van der Waals surface area contributed by atoms with Crippen LogP contribution in [0.2, 0.25) is 0 Å². The Morgan fingerprint density at radius 3 is 2.09 bits per heavy atom. The van der Waals surface area contributed by atoms with Crippen molar-refractivity contribution < 1.29 is 16.8 Å². The van der Waals surface area contributed by atoms with Crippen LogP contribution in [0, 0.1) is 0 Å². The molecule has 4 nitrogen and oxygen atoms in total. The van der Waals surface area contributed by atoms with E-state index in [1.54, 1.807) is 18.2 Å². The molecule has 0 amide bonds. The molecule has 120 valence electrons. The van der Waals surface area contributed by atoms with Gasteiger partial charge in [0.1, 0.15) is 8.48 Å². The standard InChI is InChI=1S/C12H8Br2Cl2O4S2/c13-12(14)7-6-9(22(16,19)20)10(15)11(12)21(17,18)8-4-2-1-3-5-8/h1-7,11H. The van der Waals surface area contributed by atoms with Crippen LogP contribution in [-0.4, -0.2) is 25.3 Å². The molecule has 22 heavy (non-hydrogen) atoms. The fraction of sp³-hybridized carbons (Fsp3) is 0.167. The van der Waals surface area contributed by atoms with E-state index in [0.29, 0.717) is 0 Å². The van der Waals surface area contributed by atoms with Crippen molar-refractivity contribution in [1.29, 1.82) is 0 Å². The maximum Gasteiger partial charge on any atom is 0.262 e. The molecule has 1 aliphatic carbocycles. The van der Waals surface area contributed by atoms with Crippen LogP contribution in [0.25, 0.3) is 0 Å². The van der Waals surface area contributed by atoms with E-state index < -0.39 is 32.3 Å². The Labute approximate surface area is 154 Å². The number of allylic oxidation sites excluding steroid dienone is 2. The first-order chi connectivity index (χ1) is 9.98. The van der Waals surface area contributed by atoms with E-state index in [4.69, 9.17) is 22.3 Å². The summed E-state index contributed by atoms with van der Waals surface area (Å²) in [5.41, 5.74) is 0. The van der Waals surface area contributed by atoms with Gasteiger partial charge < -0.3 is 0 Å². The van der Waals surface area contributed by atoms with Gasteiger partial charge in [0.15, 0.2) is 9.84 Å². The van der Waals surface area contributed by atoms with Crippen LogP contribution in [0.1, 0.15) is 0 Å². The molecular weight excluding hydrogens is 503 g/mol. The average Bonchev–Trinajstić information content (AvgIpc) is 2.36. The number of sulfone groups is 1. The Morgan fingerprint density at radius 1 is 1.05 bits per heavy atom. The lowest BCUT2D eigenvalue weighted by atomic mass is 10.2. The summed E-state index contributed by atoms with van der Waals surface area (Å²) in [6.07, 6.45) is 2.49. The Bertz CT molecular complexity index is 860. The molecular formula is C12H8Br2Cl2O4S2. The largest absolute Gasteiger partial charge is 0.262 e. The maximum absolute atomic E-state index is 12.8. The SMILES string of the molecule is O=S(=O)(Cl)C1=C(Cl)C(S(=O)(=O)c2ccccc2)C(Br)(Br)C=C1. The third kappa shape index (κ3) is 3.47. The first-order valence-electron chi connectivity index (χ1n) is 5.68. The highest BCUT2D eigenvalue weighted by Gasteiger charge is 2.48. The zero-order valence-corrected chi connectivity index (χ0v) is 16.9. The van der Waals surface area contributed by atoms with E-state index in [9.17, 15) is 16.8 Å². The minimum Gasteiger partial charge on any atom is -0.223 e. The van der Waals surface area contributed by atoms with E-state index in [2.05, 4.69) is 31.9 Å². The van der Waals surface area contributed by atoms with Crippen LogP contribution in [0.15, 0.2) is 57.3 Å². The Kier molecular flexibility index (Phi) is 5.22. The third-order valence-electron chi connectivity index (χ3n) is 2.92. The van der Waals surface area contributed by atoms with Crippen molar-refractivity contribution in [2.45, 2.75) is 13.4 Å². The lowest BCUT2D eigenvalue weighted by Crippen LogP contribution is -2.39. The Balaban J connectivity index is 2.71. The predicted molar refractivity (Wildman–Crippen MR) is 94.8 cm³/mol. The zero-order valence-electron chi connectivity index (χ0n) is 10.6. The second-order valence-corrected chi connectivity index (χ2v) is 13.1. The van der Waals surface area contributed by atoms with Gasteiger partial charge in [0.2, 0.25) is 0 Å². The monoisotopic (exact) mass is 508 g/mol. The van der Waals surface area contributed by atoms with Gasteiger partial charge in [-0.25, -0.2) is 16.8 Å². The van der Waals surface area contributed by atoms with Crippen LogP contribution in [0.5, 0.6) is 0 Å². The molecule has 0 saturated carbocycles. The fourth-order valence-corrected chi connectivity index (χ4v) is 8.17.